The van der Waals surface area contributed by atoms with Crippen LogP contribution in [0.1, 0.15) is 52.5 Å². The molecule has 0 unspecified atom stereocenters. The number of pyridine rings is 1. The highest BCUT2D eigenvalue weighted by Crippen LogP contribution is 2.18. The maximum absolute atomic E-state index is 4.70. The van der Waals surface area contributed by atoms with Crippen molar-refractivity contribution in [1.29, 1.82) is 0 Å². The lowest BCUT2D eigenvalue weighted by Crippen LogP contribution is -2.47. The lowest BCUT2D eigenvalue weighted by Gasteiger charge is -2.27. The van der Waals surface area contributed by atoms with Gasteiger partial charge in [0, 0.05) is 31.4 Å². The van der Waals surface area contributed by atoms with E-state index in [9.17, 15) is 0 Å². The number of rotatable bonds is 4. The van der Waals surface area contributed by atoms with Crippen LogP contribution in [0.3, 0.4) is 0 Å². The summed E-state index contributed by atoms with van der Waals surface area (Å²) in [5.41, 5.74) is 1.20. The van der Waals surface area contributed by atoms with Gasteiger partial charge in [0.15, 0.2) is 5.96 Å². The van der Waals surface area contributed by atoms with Crippen molar-refractivity contribution in [2.45, 2.75) is 59.0 Å². The van der Waals surface area contributed by atoms with Gasteiger partial charge in [0.25, 0.3) is 0 Å². The molecule has 1 aromatic rings. The Morgan fingerprint density at radius 1 is 1.26 bits per heavy atom. The summed E-state index contributed by atoms with van der Waals surface area (Å²) in [6.45, 7) is 12.3. The van der Waals surface area contributed by atoms with E-state index in [1.54, 1.807) is 0 Å². The van der Waals surface area contributed by atoms with Gasteiger partial charge in [-0.1, -0.05) is 0 Å². The van der Waals surface area contributed by atoms with Crippen molar-refractivity contribution in [2.24, 2.45) is 4.99 Å². The molecule has 0 aromatic carbocycles. The van der Waals surface area contributed by atoms with Crippen LogP contribution >= 0.6 is 0 Å². The first-order valence-electron chi connectivity index (χ1n) is 8.74. The molecule has 2 heterocycles. The molecule has 0 atom stereocenters. The standard InChI is InChI=1S/C18H31N5/c1-5-19-17(22-18(2,3)4)21-14-15-9-10-20-16(13-15)23-11-7-6-8-12-23/h9-10,13H,5-8,11-12,14H2,1-4H3,(H2,19,21,22). The van der Waals surface area contributed by atoms with Crippen molar-refractivity contribution in [1.82, 2.24) is 15.6 Å². The van der Waals surface area contributed by atoms with E-state index in [2.05, 4.69) is 60.3 Å². The zero-order chi connectivity index (χ0) is 16.7. The fraction of sp³-hybridized carbons (Fsp3) is 0.667. The summed E-state index contributed by atoms with van der Waals surface area (Å²) in [6.07, 6.45) is 5.78. The molecule has 0 spiro atoms. The van der Waals surface area contributed by atoms with E-state index < -0.39 is 0 Å². The average molecular weight is 317 g/mol. The van der Waals surface area contributed by atoms with E-state index in [1.807, 2.05) is 6.20 Å². The summed E-state index contributed by atoms with van der Waals surface area (Å²) >= 11 is 0. The molecular formula is C18H31N5. The number of hydrogen-bond acceptors (Lipinski definition) is 3. The first kappa shape index (κ1) is 17.6. The minimum Gasteiger partial charge on any atom is -0.357 e. The van der Waals surface area contributed by atoms with Gasteiger partial charge in [-0.2, -0.15) is 0 Å². The quantitative estimate of drug-likeness (QED) is 0.662. The predicted octanol–water partition coefficient (Wildman–Crippen LogP) is 2.93. The first-order chi connectivity index (χ1) is 11.0. The molecule has 1 aliphatic heterocycles. The van der Waals surface area contributed by atoms with Gasteiger partial charge in [-0.15, -0.1) is 0 Å². The van der Waals surface area contributed by atoms with Crippen molar-refractivity contribution < 1.29 is 0 Å². The zero-order valence-electron chi connectivity index (χ0n) is 15.0. The van der Waals surface area contributed by atoms with Crippen molar-refractivity contribution in [3.63, 3.8) is 0 Å². The number of piperidine rings is 1. The van der Waals surface area contributed by atoms with Crippen molar-refractivity contribution in [3.05, 3.63) is 23.9 Å². The average Bonchev–Trinajstić information content (AvgIpc) is 2.53. The summed E-state index contributed by atoms with van der Waals surface area (Å²) in [6, 6.07) is 4.23. The van der Waals surface area contributed by atoms with Crippen LogP contribution in [0.5, 0.6) is 0 Å². The topological polar surface area (TPSA) is 52.6 Å². The number of guanidine groups is 1. The molecule has 1 aliphatic rings. The Hall–Kier alpha value is -1.78. The molecule has 0 amide bonds. The van der Waals surface area contributed by atoms with E-state index in [-0.39, 0.29) is 5.54 Å². The Kier molecular flexibility index (Phi) is 6.25. The van der Waals surface area contributed by atoms with E-state index >= 15 is 0 Å². The van der Waals surface area contributed by atoms with Crippen molar-refractivity contribution >= 4 is 11.8 Å². The van der Waals surface area contributed by atoms with Gasteiger partial charge >= 0.3 is 0 Å². The minimum absolute atomic E-state index is 0.00178. The maximum atomic E-state index is 4.70. The summed E-state index contributed by atoms with van der Waals surface area (Å²) in [7, 11) is 0. The van der Waals surface area contributed by atoms with Crippen LogP contribution in [0, 0.1) is 0 Å². The monoisotopic (exact) mass is 317 g/mol. The second-order valence-electron chi connectivity index (χ2n) is 7.14. The molecule has 0 aliphatic carbocycles. The molecular weight excluding hydrogens is 286 g/mol. The number of anilines is 1. The highest BCUT2D eigenvalue weighted by molar-refractivity contribution is 5.80. The Bertz CT molecular complexity index is 512. The lowest BCUT2D eigenvalue weighted by molar-refractivity contribution is 0.501. The summed E-state index contributed by atoms with van der Waals surface area (Å²) in [5, 5.41) is 6.72. The number of aliphatic imine (C=N–C) groups is 1. The fourth-order valence-electron chi connectivity index (χ4n) is 2.69. The highest BCUT2D eigenvalue weighted by atomic mass is 15.2. The number of aromatic nitrogens is 1. The second kappa shape index (κ2) is 8.18. The molecule has 2 N–H and O–H groups in total. The smallest absolute Gasteiger partial charge is 0.191 e. The Labute approximate surface area is 140 Å². The van der Waals surface area contributed by atoms with Gasteiger partial charge < -0.3 is 15.5 Å². The van der Waals surface area contributed by atoms with E-state index in [1.165, 1.54) is 24.8 Å². The Morgan fingerprint density at radius 2 is 2.00 bits per heavy atom. The SMILES string of the molecule is CCNC(=NCc1ccnc(N2CCCCC2)c1)NC(C)(C)C. The highest BCUT2D eigenvalue weighted by Gasteiger charge is 2.13. The van der Waals surface area contributed by atoms with Crippen molar-refractivity contribution in [2.75, 3.05) is 24.5 Å². The van der Waals surface area contributed by atoms with Gasteiger partial charge in [0.2, 0.25) is 0 Å². The summed E-state index contributed by atoms with van der Waals surface area (Å²) in [4.78, 5) is 11.6. The number of nitrogens with one attached hydrogen (secondary N) is 2. The van der Waals surface area contributed by atoms with Gasteiger partial charge in [-0.05, 0) is 64.7 Å². The maximum Gasteiger partial charge on any atom is 0.191 e. The minimum atomic E-state index is -0.00178. The van der Waals surface area contributed by atoms with Gasteiger partial charge in [-0.25, -0.2) is 9.98 Å². The van der Waals surface area contributed by atoms with Gasteiger partial charge in [0.05, 0.1) is 6.54 Å². The molecule has 128 valence electrons. The summed E-state index contributed by atoms with van der Waals surface area (Å²) in [5.74, 6) is 1.95. The zero-order valence-corrected chi connectivity index (χ0v) is 15.0. The fourth-order valence-corrected chi connectivity index (χ4v) is 2.69. The number of nitrogens with zero attached hydrogens (tertiary/aromatic N) is 3. The molecule has 5 nitrogen and oxygen atoms in total. The van der Waals surface area contributed by atoms with E-state index in [4.69, 9.17) is 4.99 Å². The normalized spacial score (nSPS) is 16.3. The molecule has 2 rings (SSSR count). The van der Waals surface area contributed by atoms with Crippen LogP contribution in [0.2, 0.25) is 0 Å². The van der Waals surface area contributed by atoms with Crippen LogP contribution < -0.4 is 15.5 Å². The largest absolute Gasteiger partial charge is 0.357 e. The summed E-state index contributed by atoms with van der Waals surface area (Å²) < 4.78 is 0. The molecule has 1 saturated heterocycles. The molecule has 5 heteroatoms. The molecule has 0 radical (unpaired) electrons. The Morgan fingerprint density at radius 3 is 2.65 bits per heavy atom. The van der Waals surface area contributed by atoms with Crippen LogP contribution in [-0.2, 0) is 6.54 Å². The van der Waals surface area contributed by atoms with Crippen LogP contribution in [0.25, 0.3) is 0 Å². The molecule has 1 aromatic heterocycles. The third kappa shape index (κ3) is 6.08. The van der Waals surface area contributed by atoms with E-state index in [0.717, 1.165) is 31.4 Å². The molecule has 0 bridgehead atoms. The van der Waals surface area contributed by atoms with Crippen LogP contribution in [0.15, 0.2) is 23.3 Å². The Balaban J connectivity index is 2.04. The third-order valence-corrected chi connectivity index (χ3v) is 3.75. The second-order valence-corrected chi connectivity index (χ2v) is 7.14. The molecule has 0 saturated carbocycles. The molecule has 23 heavy (non-hydrogen) atoms. The van der Waals surface area contributed by atoms with Crippen molar-refractivity contribution in [3.8, 4) is 0 Å². The van der Waals surface area contributed by atoms with Gasteiger partial charge in [0.1, 0.15) is 5.82 Å². The van der Waals surface area contributed by atoms with E-state index in [0.29, 0.717) is 6.54 Å². The first-order valence-corrected chi connectivity index (χ1v) is 8.74. The van der Waals surface area contributed by atoms with Gasteiger partial charge in [-0.3, -0.25) is 0 Å². The van der Waals surface area contributed by atoms with Crippen LogP contribution in [0.4, 0.5) is 5.82 Å². The van der Waals surface area contributed by atoms with Crippen LogP contribution in [-0.4, -0.2) is 36.1 Å². The predicted molar refractivity (Wildman–Crippen MR) is 98.0 cm³/mol. The third-order valence-electron chi connectivity index (χ3n) is 3.75. The lowest BCUT2D eigenvalue weighted by atomic mass is 10.1. The number of hydrogen-bond donors (Lipinski definition) is 2. The molecule has 1 fully saturated rings.